The Bertz CT molecular complexity index is 279. The van der Waals surface area contributed by atoms with Gasteiger partial charge in [-0.1, -0.05) is 0 Å². The molecule has 0 aromatic rings. The van der Waals surface area contributed by atoms with Crippen molar-refractivity contribution < 1.29 is 4.79 Å². The van der Waals surface area contributed by atoms with Gasteiger partial charge in [0.2, 0.25) is 5.91 Å². The smallest absolute Gasteiger partial charge is 0.242 e. The molecule has 1 saturated carbocycles. The molecule has 3 nitrogen and oxygen atoms in total. The van der Waals surface area contributed by atoms with Crippen molar-refractivity contribution in [2.75, 3.05) is 18.8 Å². The van der Waals surface area contributed by atoms with E-state index in [-0.39, 0.29) is 23.1 Å². The van der Waals surface area contributed by atoms with Gasteiger partial charge in [-0.2, -0.15) is 11.8 Å². The summed E-state index contributed by atoms with van der Waals surface area (Å²) in [5.41, 5.74) is 5.55. The Labute approximate surface area is 108 Å². The van der Waals surface area contributed by atoms with Gasteiger partial charge < -0.3 is 10.6 Å². The van der Waals surface area contributed by atoms with E-state index < -0.39 is 5.54 Å². The molecule has 0 unspecified atom stereocenters. The average Bonchev–Trinajstić information content (AvgIpc) is 2.11. The molecule has 1 aliphatic carbocycles. The van der Waals surface area contributed by atoms with E-state index in [1.54, 1.807) is 0 Å². The molecule has 1 saturated heterocycles. The van der Waals surface area contributed by atoms with Crippen molar-refractivity contribution in [1.82, 2.24) is 4.90 Å². The van der Waals surface area contributed by atoms with Crippen LogP contribution in [0.2, 0.25) is 0 Å². The minimum Gasteiger partial charge on any atom is -0.339 e. The van der Waals surface area contributed by atoms with Gasteiger partial charge >= 0.3 is 0 Å². The molecule has 1 heterocycles. The van der Waals surface area contributed by atoms with Crippen LogP contribution in [-0.2, 0) is 4.79 Å². The van der Waals surface area contributed by atoms with Gasteiger partial charge in [0.15, 0.2) is 0 Å². The van der Waals surface area contributed by atoms with Crippen LogP contribution < -0.4 is 5.73 Å². The van der Waals surface area contributed by atoms with E-state index in [9.17, 15) is 4.79 Å². The van der Waals surface area contributed by atoms with E-state index in [1.807, 2.05) is 16.7 Å². The fraction of sp³-hybridized carbons (Fsp3) is 0.909. The Kier molecular flexibility index (Phi) is 4.19. The highest BCUT2D eigenvalue weighted by molar-refractivity contribution is 8.00. The first-order valence-corrected chi connectivity index (χ1v) is 6.64. The van der Waals surface area contributed by atoms with Crippen molar-refractivity contribution in [3.05, 3.63) is 0 Å². The molecule has 1 aliphatic heterocycles. The predicted molar refractivity (Wildman–Crippen MR) is 71.1 cm³/mol. The predicted octanol–water partition coefficient (Wildman–Crippen LogP) is 1.64. The maximum atomic E-state index is 12.2. The van der Waals surface area contributed by atoms with Crippen molar-refractivity contribution >= 4 is 30.1 Å². The molecule has 0 atom stereocenters. The summed E-state index contributed by atoms with van der Waals surface area (Å²) in [7, 11) is 0. The minimum atomic E-state index is -0.516. The van der Waals surface area contributed by atoms with Crippen LogP contribution >= 0.6 is 24.2 Å². The van der Waals surface area contributed by atoms with Gasteiger partial charge in [-0.05, 0) is 33.1 Å². The molecule has 0 bridgehead atoms. The molecule has 5 heteroatoms. The van der Waals surface area contributed by atoms with E-state index in [1.165, 1.54) is 0 Å². The lowest BCUT2D eigenvalue weighted by atomic mass is 9.76. The van der Waals surface area contributed by atoms with Crippen molar-refractivity contribution in [2.24, 2.45) is 5.73 Å². The number of hydrogen-bond donors (Lipinski definition) is 1. The van der Waals surface area contributed by atoms with Crippen LogP contribution in [-0.4, -0.2) is 39.9 Å². The Morgan fingerprint density at radius 1 is 1.38 bits per heavy atom. The molecule has 0 aromatic carbocycles. The highest BCUT2D eigenvalue weighted by Crippen LogP contribution is 2.35. The maximum absolute atomic E-state index is 12.2. The third kappa shape index (κ3) is 2.66. The average molecular weight is 265 g/mol. The molecule has 1 amide bonds. The van der Waals surface area contributed by atoms with Crippen LogP contribution in [0.1, 0.15) is 33.1 Å². The molecule has 0 radical (unpaired) electrons. The first kappa shape index (κ1) is 14.1. The van der Waals surface area contributed by atoms with Crippen LogP contribution in [0.25, 0.3) is 0 Å². The lowest BCUT2D eigenvalue weighted by Crippen LogP contribution is -2.62. The normalized spacial score (nSPS) is 26.6. The zero-order valence-electron chi connectivity index (χ0n) is 9.99. The second kappa shape index (κ2) is 4.75. The number of rotatable bonds is 1. The quantitative estimate of drug-likeness (QED) is 0.783. The largest absolute Gasteiger partial charge is 0.339 e. The van der Waals surface area contributed by atoms with Gasteiger partial charge in [-0.3, -0.25) is 4.79 Å². The number of nitrogens with zero attached hydrogens (tertiary/aromatic N) is 1. The number of carbonyl (C=O) groups excluding carboxylic acids is 1. The second-order valence-electron chi connectivity index (χ2n) is 5.34. The Morgan fingerprint density at radius 3 is 2.44 bits per heavy atom. The summed E-state index contributed by atoms with van der Waals surface area (Å²) in [6.07, 6.45) is 2.85. The highest BCUT2D eigenvalue weighted by Gasteiger charge is 2.44. The van der Waals surface area contributed by atoms with Gasteiger partial charge in [0.25, 0.3) is 0 Å². The molecule has 94 valence electrons. The summed E-state index contributed by atoms with van der Waals surface area (Å²) in [5.74, 6) is 1.22. The number of halogens is 1. The molecular formula is C11H21ClN2OS. The molecule has 16 heavy (non-hydrogen) atoms. The third-order valence-corrected chi connectivity index (χ3v) is 4.68. The van der Waals surface area contributed by atoms with Crippen molar-refractivity contribution in [1.29, 1.82) is 0 Å². The van der Waals surface area contributed by atoms with Crippen LogP contribution in [0.3, 0.4) is 0 Å². The van der Waals surface area contributed by atoms with E-state index >= 15 is 0 Å². The van der Waals surface area contributed by atoms with Gasteiger partial charge in [0.05, 0.1) is 5.54 Å². The van der Waals surface area contributed by atoms with E-state index in [0.717, 1.165) is 38.1 Å². The van der Waals surface area contributed by atoms with Crippen molar-refractivity contribution in [3.63, 3.8) is 0 Å². The zero-order valence-corrected chi connectivity index (χ0v) is 11.6. The van der Waals surface area contributed by atoms with E-state index in [2.05, 4.69) is 13.8 Å². The first-order valence-electron chi connectivity index (χ1n) is 5.65. The standard InChI is InChI=1S/C11H20N2OS.ClH/c1-10(2)8-13(6-7-15-10)9(14)11(12)4-3-5-11;/h3-8,12H2,1-2H3;1H. The number of carbonyl (C=O) groups is 1. The van der Waals surface area contributed by atoms with Gasteiger partial charge in [0, 0.05) is 23.6 Å². The van der Waals surface area contributed by atoms with Crippen LogP contribution in [0.4, 0.5) is 0 Å². The number of thioether (sulfide) groups is 1. The number of amides is 1. The SMILES string of the molecule is CC1(C)CN(C(=O)C2(N)CCC2)CCS1.Cl. The summed E-state index contributed by atoms with van der Waals surface area (Å²) < 4.78 is 0.189. The monoisotopic (exact) mass is 264 g/mol. The molecule has 2 fully saturated rings. The van der Waals surface area contributed by atoms with E-state index in [4.69, 9.17) is 5.73 Å². The molecule has 2 N–H and O–H groups in total. The van der Waals surface area contributed by atoms with Crippen molar-refractivity contribution in [2.45, 2.75) is 43.4 Å². The summed E-state index contributed by atoms with van der Waals surface area (Å²) in [5, 5.41) is 0. The lowest BCUT2D eigenvalue weighted by Gasteiger charge is -2.44. The van der Waals surface area contributed by atoms with Crippen LogP contribution in [0, 0.1) is 0 Å². The van der Waals surface area contributed by atoms with E-state index in [0.29, 0.717) is 0 Å². The first-order chi connectivity index (χ1) is 6.93. The highest BCUT2D eigenvalue weighted by atomic mass is 35.5. The fourth-order valence-electron chi connectivity index (χ4n) is 2.28. The Balaban J connectivity index is 0.00000128. The fourth-order valence-corrected chi connectivity index (χ4v) is 3.39. The zero-order chi connectivity index (χ0) is 11.1. The molecule has 2 rings (SSSR count). The second-order valence-corrected chi connectivity index (χ2v) is 7.15. The van der Waals surface area contributed by atoms with Crippen molar-refractivity contribution in [3.8, 4) is 0 Å². The van der Waals surface area contributed by atoms with Gasteiger partial charge in [0.1, 0.15) is 0 Å². The third-order valence-electron chi connectivity index (χ3n) is 3.38. The van der Waals surface area contributed by atoms with Crippen LogP contribution in [0.5, 0.6) is 0 Å². The summed E-state index contributed by atoms with van der Waals surface area (Å²) in [6.45, 7) is 6.10. The molecule has 2 aliphatic rings. The summed E-state index contributed by atoms with van der Waals surface area (Å²) in [4.78, 5) is 14.1. The van der Waals surface area contributed by atoms with Gasteiger partial charge in [-0.25, -0.2) is 0 Å². The summed E-state index contributed by atoms with van der Waals surface area (Å²) in [6, 6.07) is 0. The molecular weight excluding hydrogens is 244 g/mol. The minimum absolute atomic E-state index is 0. The maximum Gasteiger partial charge on any atom is 0.242 e. The number of nitrogens with two attached hydrogens (primary N) is 1. The Hall–Kier alpha value is 0.0700. The van der Waals surface area contributed by atoms with Gasteiger partial charge in [-0.15, -0.1) is 12.4 Å². The Morgan fingerprint density at radius 2 is 2.00 bits per heavy atom. The molecule has 0 aromatic heterocycles. The summed E-state index contributed by atoms with van der Waals surface area (Å²) >= 11 is 1.94. The molecule has 0 spiro atoms. The lowest BCUT2D eigenvalue weighted by molar-refractivity contribution is -0.140. The van der Waals surface area contributed by atoms with Crippen LogP contribution in [0.15, 0.2) is 0 Å². The number of hydrogen-bond acceptors (Lipinski definition) is 3. The topological polar surface area (TPSA) is 46.3 Å².